The van der Waals surface area contributed by atoms with E-state index < -0.39 is 0 Å². The van der Waals surface area contributed by atoms with Crippen LogP contribution in [0.2, 0.25) is 0 Å². The summed E-state index contributed by atoms with van der Waals surface area (Å²) in [5.74, 6) is 0. The van der Waals surface area contributed by atoms with E-state index in [9.17, 15) is 0 Å². The second kappa shape index (κ2) is 4.14. The summed E-state index contributed by atoms with van der Waals surface area (Å²) >= 11 is 1.52. The highest BCUT2D eigenvalue weighted by molar-refractivity contribution is 7.98. The first kappa shape index (κ1) is 10.2. The van der Waals surface area contributed by atoms with Gasteiger partial charge in [0.05, 0.1) is 17.5 Å². The van der Waals surface area contributed by atoms with Crippen LogP contribution in [0.5, 0.6) is 0 Å². The molecule has 17 heavy (non-hydrogen) atoms. The maximum absolute atomic E-state index is 4.44. The highest BCUT2D eigenvalue weighted by Crippen LogP contribution is 2.21. The molecule has 3 aromatic rings. The fourth-order valence-electron chi connectivity index (χ4n) is 1.60. The summed E-state index contributed by atoms with van der Waals surface area (Å²) in [5, 5.41) is 4.99. The lowest BCUT2D eigenvalue weighted by Gasteiger charge is -1.99. The summed E-state index contributed by atoms with van der Waals surface area (Å²) < 4.78 is 1.73. The molecule has 6 heteroatoms. The minimum Gasteiger partial charge on any atom is -0.236 e. The van der Waals surface area contributed by atoms with Crippen LogP contribution < -0.4 is 0 Å². The van der Waals surface area contributed by atoms with E-state index in [1.54, 1.807) is 23.1 Å². The Morgan fingerprint density at radius 3 is 3.06 bits per heavy atom. The molecule has 0 aliphatic heterocycles. The van der Waals surface area contributed by atoms with Crippen molar-refractivity contribution >= 4 is 17.4 Å². The third kappa shape index (κ3) is 1.76. The van der Waals surface area contributed by atoms with Gasteiger partial charge >= 0.3 is 0 Å². The largest absolute Gasteiger partial charge is 0.236 e. The zero-order chi connectivity index (χ0) is 11.7. The van der Waals surface area contributed by atoms with E-state index in [-0.39, 0.29) is 0 Å². The van der Waals surface area contributed by atoms with Gasteiger partial charge in [-0.15, -0.1) is 0 Å². The molecule has 0 aliphatic carbocycles. The van der Waals surface area contributed by atoms with Crippen LogP contribution in [-0.2, 0) is 0 Å². The van der Waals surface area contributed by atoms with Crippen LogP contribution >= 0.6 is 11.8 Å². The number of fused-ring (bicyclic) bond motifs is 1. The lowest BCUT2D eigenvalue weighted by atomic mass is 10.2. The zero-order valence-electron chi connectivity index (χ0n) is 9.11. The summed E-state index contributed by atoms with van der Waals surface area (Å²) in [6.07, 6.45) is 9.09. The van der Waals surface area contributed by atoms with Crippen LogP contribution in [0.1, 0.15) is 0 Å². The van der Waals surface area contributed by atoms with Gasteiger partial charge in [-0.3, -0.25) is 0 Å². The van der Waals surface area contributed by atoms with Gasteiger partial charge in [-0.2, -0.15) is 5.10 Å². The fourth-order valence-corrected chi connectivity index (χ4v) is 1.95. The smallest absolute Gasteiger partial charge is 0.187 e. The van der Waals surface area contributed by atoms with Crippen molar-refractivity contribution < 1.29 is 0 Å². The van der Waals surface area contributed by atoms with Crippen molar-refractivity contribution in [1.82, 2.24) is 24.6 Å². The van der Waals surface area contributed by atoms with Crippen molar-refractivity contribution in [3.05, 3.63) is 36.9 Å². The van der Waals surface area contributed by atoms with E-state index in [0.717, 1.165) is 22.1 Å². The molecule has 3 heterocycles. The topological polar surface area (TPSA) is 56.0 Å². The number of hydrogen-bond donors (Lipinski definition) is 0. The Hall–Kier alpha value is -1.95. The summed E-state index contributed by atoms with van der Waals surface area (Å²) in [4.78, 5) is 12.9. The molecule has 0 radical (unpaired) electrons. The molecule has 0 saturated carbocycles. The van der Waals surface area contributed by atoms with E-state index in [1.165, 1.54) is 11.8 Å². The third-order valence-corrected chi connectivity index (χ3v) is 2.93. The van der Waals surface area contributed by atoms with Gasteiger partial charge in [0.15, 0.2) is 10.8 Å². The molecule has 0 fully saturated rings. The molecule has 0 aromatic carbocycles. The first-order chi connectivity index (χ1) is 8.38. The van der Waals surface area contributed by atoms with Crippen LogP contribution in [0, 0.1) is 0 Å². The molecule has 0 atom stereocenters. The van der Waals surface area contributed by atoms with Crippen LogP contribution in [0.25, 0.3) is 16.9 Å². The second-order valence-corrected chi connectivity index (χ2v) is 4.15. The molecular weight excluding hydrogens is 234 g/mol. The molecule has 0 N–H and O–H groups in total. The van der Waals surface area contributed by atoms with E-state index in [1.807, 2.05) is 24.6 Å². The number of rotatable bonds is 2. The molecule has 3 aromatic heterocycles. The molecule has 0 amide bonds. The minimum absolute atomic E-state index is 0.748. The van der Waals surface area contributed by atoms with Crippen LogP contribution in [0.4, 0.5) is 0 Å². The monoisotopic (exact) mass is 243 g/mol. The van der Waals surface area contributed by atoms with Gasteiger partial charge in [0.1, 0.15) is 0 Å². The maximum Gasteiger partial charge on any atom is 0.187 e. The molecular formula is C11H9N5S. The van der Waals surface area contributed by atoms with Gasteiger partial charge in [0, 0.05) is 18.6 Å². The van der Waals surface area contributed by atoms with Crippen molar-refractivity contribution in [2.24, 2.45) is 0 Å². The first-order valence-corrected chi connectivity index (χ1v) is 6.27. The van der Waals surface area contributed by atoms with Crippen molar-refractivity contribution in [2.75, 3.05) is 6.26 Å². The van der Waals surface area contributed by atoms with Gasteiger partial charge < -0.3 is 0 Å². The van der Waals surface area contributed by atoms with Crippen molar-refractivity contribution in [1.29, 1.82) is 0 Å². The highest BCUT2D eigenvalue weighted by atomic mass is 32.2. The third-order valence-electron chi connectivity index (χ3n) is 2.37. The Kier molecular flexibility index (Phi) is 2.49. The molecule has 3 rings (SSSR count). The lowest BCUT2D eigenvalue weighted by Crippen LogP contribution is -1.90. The predicted octanol–water partition coefficient (Wildman–Crippen LogP) is 1.91. The summed E-state index contributed by atoms with van der Waals surface area (Å²) in [6, 6.07) is 3.71. The average Bonchev–Trinajstić information content (AvgIpc) is 2.82. The van der Waals surface area contributed by atoms with Crippen molar-refractivity contribution in [3.63, 3.8) is 0 Å². The Balaban J connectivity index is 2.20. The first-order valence-electron chi connectivity index (χ1n) is 5.04. The normalized spacial score (nSPS) is 10.9. The Morgan fingerprint density at radius 1 is 1.24 bits per heavy atom. The molecule has 0 unspecified atom stereocenters. The minimum atomic E-state index is 0.748. The summed E-state index contributed by atoms with van der Waals surface area (Å²) in [7, 11) is 0. The Morgan fingerprint density at radius 2 is 2.18 bits per heavy atom. The lowest BCUT2D eigenvalue weighted by molar-refractivity contribution is 0.939. The van der Waals surface area contributed by atoms with Crippen LogP contribution in [-0.4, -0.2) is 30.8 Å². The highest BCUT2D eigenvalue weighted by Gasteiger charge is 2.09. The average molecular weight is 243 g/mol. The number of hydrogen-bond acceptors (Lipinski definition) is 5. The van der Waals surface area contributed by atoms with E-state index in [0.29, 0.717) is 0 Å². The molecule has 0 saturated heterocycles. The van der Waals surface area contributed by atoms with Gasteiger partial charge in [-0.25, -0.2) is 19.5 Å². The molecule has 5 nitrogen and oxygen atoms in total. The quantitative estimate of drug-likeness (QED) is 0.508. The molecule has 0 bridgehead atoms. The van der Waals surface area contributed by atoms with Crippen LogP contribution in [0.15, 0.2) is 42.1 Å². The van der Waals surface area contributed by atoms with E-state index >= 15 is 0 Å². The summed E-state index contributed by atoms with van der Waals surface area (Å²) in [6.45, 7) is 0. The summed E-state index contributed by atoms with van der Waals surface area (Å²) in [5.41, 5.74) is 2.57. The zero-order valence-corrected chi connectivity index (χ0v) is 9.92. The van der Waals surface area contributed by atoms with Crippen LogP contribution in [0.3, 0.4) is 0 Å². The van der Waals surface area contributed by atoms with Gasteiger partial charge in [-0.1, -0.05) is 11.8 Å². The van der Waals surface area contributed by atoms with Crippen molar-refractivity contribution in [3.8, 4) is 11.3 Å². The van der Waals surface area contributed by atoms with Gasteiger partial charge in [-0.05, 0) is 18.4 Å². The van der Waals surface area contributed by atoms with E-state index in [2.05, 4.69) is 20.1 Å². The maximum atomic E-state index is 4.44. The standard InChI is InChI=1S/C11H9N5S/c1-17-11-13-5-3-9(15-11)8-7-14-16-6-2-4-12-10(8)16/h2-7H,1H3. The molecule has 0 aliphatic rings. The number of thioether (sulfide) groups is 1. The second-order valence-electron chi connectivity index (χ2n) is 3.37. The van der Waals surface area contributed by atoms with Gasteiger partial charge in [0.2, 0.25) is 0 Å². The Bertz CT molecular complexity index is 664. The molecule has 0 spiro atoms. The number of aromatic nitrogens is 5. The molecule has 84 valence electrons. The van der Waals surface area contributed by atoms with E-state index in [4.69, 9.17) is 0 Å². The van der Waals surface area contributed by atoms with Crippen molar-refractivity contribution in [2.45, 2.75) is 5.16 Å². The Labute approximate surface area is 102 Å². The number of nitrogens with zero attached hydrogens (tertiary/aromatic N) is 5. The van der Waals surface area contributed by atoms with Gasteiger partial charge in [0.25, 0.3) is 0 Å². The fraction of sp³-hybridized carbons (Fsp3) is 0.0909. The SMILES string of the molecule is CSc1nccc(-c2cnn3cccnc23)n1. The predicted molar refractivity (Wildman–Crippen MR) is 65.8 cm³/mol.